The Hall–Kier alpha value is -1.36. The maximum absolute atomic E-state index is 12.6. The van der Waals surface area contributed by atoms with E-state index in [-0.39, 0.29) is 6.04 Å². The van der Waals surface area contributed by atoms with Gasteiger partial charge in [-0.1, -0.05) is 6.42 Å². The van der Waals surface area contributed by atoms with Crippen LogP contribution in [0.15, 0.2) is 12.4 Å². The molecule has 0 radical (unpaired) electrons. The van der Waals surface area contributed by atoms with Gasteiger partial charge in [-0.2, -0.15) is 0 Å². The van der Waals surface area contributed by atoms with E-state index < -0.39 is 0 Å². The Morgan fingerprint density at radius 1 is 1.25 bits per heavy atom. The van der Waals surface area contributed by atoms with Gasteiger partial charge in [0, 0.05) is 31.4 Å². The number of likely N-dealkylation sites (N-methyl/N-ethyl adjacent to an activating group) is 1. The Balaban J connectivity index is 1.56. The standard InChI is InChI=1S/C15H24N4O/c1-18-9-3-2-4-13(18)15(20)19-10-5-12(6-11-19)14-16-7-8-17-14/h7-8,12-13H,2-6,9-11H2,1H3,(H,16,17). The fourth-order valence-corrected chi connectivity index (χ4v) is 3.47. The van der Waals surface area contributed by atoms with Crippen molar-refractivity contribution in [2.24, 2.45) is 0 Å². The largest absolute Gasteiger partial charge is 0.348 e. The van der Waals surface area contributed by atoms with Crippen LogP contribution in [-0.2, 0) is 4.79 Å². The number of piperidine rings is 2. The van der Waals surface area contributed by atoms with Crippen molar-refractivity contribution in [1.29, 1.82) is 0 Å². The first-order chi connectivity index (χ1) is 9.75. The summed E-state index contributed by atoms with van der Waals surface area (Å²) >= 11 is 0. The summed E-state index contributed by atoms with van der Waals surface area (Å²) in [6, 6.07) is 0.115. The summed E-state index contributed by atoms with van der Waals surface area (Å²) < 4.78 is 0. The zero-order valence-corrected chi connectivity index (χ0v) is 12.2. The van der Waals surface area contributed by atoms with Gasteiger partial charge in [-0.3, -0.25) is 9.69 Å². The number of carbonyl (C=O) groups excluding carboxylic acids is 1. The van der Waals surface area contributed by atoms with Gasteiger partial charge in [0.15, 0.2) is 0 Å². The first-order valence-electron chi connectivity index (χ1n) is 7.74. The lowest BCUT2D eigenvalue weighted by molar-refractivity contribution is -0.138. The molecular formula is C15H24N4O. The van der Waals surface area contributed by atoms with Crippen LogP contribution in [0.5, 0.6) is 0 Å². The highest BCUT2D eigenvalue weighted by Crippen LogP contribution is 2.27. The minimum atomic E-state index is 0.115. The molecule has 0 bridgehead atoms. The summed E-state index contributed by atoms with van der Waals surface area (Å²) in [4.78, 5) is 24.4. The first kappa shape index (κ1) is 13.6. The maximum Gasteiger partial charge on any atom is 0.239 e. The van der Waals surface area contributed by atoms with Crippen molar-refractivity contribution >= 4 is 5.91 Å². The Kier molecular flexibility index (Phi) is 4.05. The maximum atomic E-state index is 12.6. The molecule has 1 unspecified atom stereocenters. The minimum Gasteiger partial charge on any atom is -0.348 e. The Morgan fingerprint density at radius 3 is 2.70 bits per heavy atom. The number of rotatable bonds is 2. The molecule has 5 heteroatoms. The van der Waals surface area contributed by atoms with Crippen molar-refractivity contribution in [3.63, 3.8) is 0 Å². The summed E-state index contributed by atoms with van der Waals surface area (Å²) in [5.41, 5.74) is 0. The van der Waals surface area contributed by atoms with Crippen LogP contribution in [0.25, 0.3) is 0 Å². The average molecular weight is 276 g/mol. The number of amides is 1. The van der Waals surface area contributed by atoms with Gasteiger partial charge in [-0.15, -0.1) is 0 Å². The van der Waals surface area contributed by atoms with Gasteiger partial charge >= 0.3 is 0 Å². The number of H-pyrrole nitrogens is 1. The summed E-state index contributed by atoms with van der Waals surface area (Å²) in [5.74, 6) is 1.90. The van der Waals surface area contributed by atoms with Crippen LogP contribution < -0.4 is 0 Å². The van der Waals surface area contributed by atoms with Crippen molar-refractivity contribution < 1.29 is 4.79 Å². The van der Waals surface area contributed by atoms with E-state index in [4.69, 9.17) is 0 Å². The van der Waals surface area contributed by atoms with E-state index in [1.807, 2.05) is 12.4 Å². The van der Waals surface area contributed by atoms with E-state index in [1.54, 1.807) is 0 Å². The van der Waals surface area contributed by atoms with Crippen LogP contribution in [0.1, 0.15) is 43.8 Å². The summed E-state index contributed by atoms with van der Waals surface area (Å²) in [7, 11) is 2.08. The molecule has 0 spiro atoms. The predicted molar refractivity (Wildman–Crippen MR) is 77.4 cm³/mol. The quantitative estimate of drug-likeness (QED) is 0.892. The molecule has 1 N–H and O–H groups in total. The van der Waals surface area contributed by atoms with E-state index in [0.717, 1.165) is 44.7 Å². The number of aromatic amines is 1. The van der Waals surface area contributed by atoms with Crippen LogP contribution in [0.2, 0.25) is 0 Å². The van der Waals surface area contributed by atoms with Gasteiger partial charge in [-0.25, -0.2) is 4.98 Å². The fourth-order valence-electron chi connectivity index (χ4n) is 3.47. The molecule has 20 heavy (non-hydrogen) atoms. The van der Waals surface area contributed by atoms with Gasteiger partial charge in [0.05, 0.1) is 6.04 Å². The second-order valence-corrected chi connectivity index (χ2v) is 6.07. The summed E-state index contributed by atoms with van der Waals surface area (Å²) in [6.07, 6.45) is 9.16. The monoisotopic (exact) mass is 276 g/mol. The van der Waals surface area contributed by atoms with E-state index in [1.165, 1.54) is 12.8 Å². The van der Waals surface area contributed by atoms with Crippen LogP contribution in [0.3, 0.4) is 0 Å². The zero-order valence-electron chi connectivity index (χ0n) is 12.2. The molecule has 0 aliphatic carbocycles. The smallest absolute Gasteiger partial charge is 0.239 e. The van der Waals surface area contributed by atoms with Gasteiger partial charge in [0.25, 0.3) is 0 Å². The highest BCUT2D eigenvalue weighted by atomic mass is 16.2. The van der Waals surface area contributed by atoms with Gasteiger partial charge in [0.2, 0.25) is 5.91 Å². The molecule has 1 amide bonds. The number of hydrogen-bond acceptors (Lipinski definition) is 3. The third kappa shape index (κ3) is 2.73. The van der Waals surface area contributed by atoms with Crippen LogP contribution in [0, 0.1) is 0 Å². The molecule has 1 aromatic heterocycles. The normalized spacial score (nSPS) is 25.9. The molecule has 1 atom stereocenters. The SMILES string of the molecule is CN1CCCCC1C(=O)N1CCC(c2ncc[nH]2)CC1. The lowest BCUT2D eigenvalue weighted by Crippen LogP contribution is -2.51. The second kappa shape index (κ2) is 5.95. The van der Waals surface area contributed by atoms with Crippen LogP contribution >= 0.6 is 0 Å². The third-order valence-corrected chi connectivity index (χ3v) is 4.77. The highest BCUT2D eigenvalue weighted by molar-refractivity contribution is 5.82. The average Bonchev–Trinajstić information content (AvgIpc) is 3.01. The van der Waals surface area contributed by atoms with Gasteiger partial charge in [0.1, 0.15) is 5.82 Å². The Labute approximate surface area is 120 Å². The number of carbonyl (C=O) groups is 1. The topological polar surface area (TPSA) is 52.2 Å². The van der Waals surface area contributed by atoms with E-state index in [9.17, 15) is 4.79 Å². The lowest BCUT2D eigenvalue weighted by atomic mass is 9.94. The molecule has 5 nitrogen and oxygen atoms in total. The highest BCUT2D eigenvalue weighted by Gasteiger charge is 2.32. The Bertz CT molecular complexity index is 437. The Morgan fingerprint density at radius 2 is 2.05 bits per heavy atom. The fraction of sp³-hybridized carbons (Fsp3) is 0.733. The van der Waals surface area contributed by atoms with E-state index in [0.29, 0.717) is 11.8 Å². The lowest BCUT2D eigenvalue weighted by Gasteiger charge is -2.38. The third-order valence-electron chi connectivity index (χ3n) is 4.77. The van der Waals surface area contributed by atoms with Gasteiger partial charge in [-0.05, 0) is 39.3 Å². The van der Waals surface area contributed by atoms with E-state index in [2.05, 4.69) is 26.8 Å². The number of hydrogen-bond donors (Lipinski definition) is 1. The van der Waals surface area contributed by atoms with Crippen molar-refractivity contribution in [2.75, 3.05) is 26.7 Å². The van der Waals surface area contributed by atoms with Crippen molar-refractivity contribution in [3.05, 3.63) is 18.2 Å². The number of nitrogens with one attached hydrogen (secondary N) is 1. The van der Waals surface area contributed by atoms with Gasteiger partial charge < -0.3 is 9.88 Å². The summed E-state index contributed by atoms with van der Waals surface area (Å²) in [6.45, 7) is 2.79. The molecule has 3 rings (SSSR count). The molecule has 3 heterocycles. The molecule has 2 saturated heterocycles. The molecule has 0 aromatic carbocycles. The molecule has 0 saturated carbocycles. The van der Waals surface area contributed by atoms with Crippen molar-refractivity contribution in [3.8, 4) is 0 Å². The number of aromatic nitrogens is 2. The van der Waals surface area contributed by atoms with Crippen molar-refractivity contribution in [1.82, 2.24) is 19.8 Å². The number of likely N-dealkylation sites (tertiary alicyclic amines) is 2. The number of imidazole rings is 1. The summed E-state index contributed by atoms with van der Waals surface area (Å²) in [5, 5.41) is 0. The molecule has 1 aromatic rings. The van der Waals surface area contributed by atoms with Crippen LogP contribution in [0.4, 0.5) is 0 Å². The predicted octanol–water partition coefficient (Wildman–Crippen LogP) is 1.60. The van der Waals surface area contributed by atoms with Crippen LogP contribution in [-0.4, -0.2) is 58.4 Å². The molecule has 2 aliphatic heterocycles. The molecule has 2 aliphatic rings. The second-order valence-electron chi connectivity index (χ2n) is 6.07. The molecule has 110 valence electrons. The molecular weight excluding hydrogens is 252 g/mol. The first-order valence-corrected chi connectivity index (χ1v) is 7.74. The number of nitrogens with zero attached hydrogens (tertiary/aromatic N) is 3. The minimum absolute atomic E-state index is 0.115. The van der Waals surface area contributed by atoms with E-state index >= 15 is 0 Å². The zero-order chi connectivity index (χ0) is 13.9. The van der Waals surface area contributed by atoms with Crippen molar-refractivity contribution in [2.45, 2.75) is 44.1 Å². The molecule has 2 fully saturated rings.